The molecule has 0 saturated heterocycles. The molecule has 2 atom stereocenters. The van der Waals surface area contributed by atoms with Crippen molar-refractivity contribution in [1.82, 2.24) is 0 Å². The molecule has 4 rings (SSSR count). The molecule has 0 spiro atoms. The zero-order valence-corrected chi connectivity index (χ0v) is 14.4. The molecule has 0 aromatic heterocycles. The number of phenols is 1. The Labute approximate surface area is 148 Å². The standard InChI is InChI=1S/C23H22O2/c1-15-8-11-19-16(2)25-22-14-18(10-9-17-6-4-3-5-7-17)13-21(24)23(22)20(19)12-15/h3-7,9-10,12-14,19-20,24H,2,8,11H2,1H3/b10-9+. The fraction of sp³-hybridized carbons (Fsp3) is 0.217. The lowest BCUT2D eigenvalue weighted by Crippen LogP contribution is -2.25. The second kappa shape index (κ2) is 6.29. The molecule has 2 aromatic carbocycles. The van der Waals surface area contributed by atoms with Crippen LogP contribution in [0, 0.1) is 5.92 Å². The van der Waals surface area contributed by atoms with Crippen LogP contribution < -0.4 is 4.74 Å². The Bertz CT molecular complexity index is 874. The van der Waals surface area contributed by atoms with Crippen molar-refractivity contribution < 1.29 is 9.84 Å². The summed E-state index contributed by atoms with van der Waals surface area (Å²) in [6.45, 7) is 6.28. The van der Waals surface area contributed by atoms with E-state index in [-0.39, 0.29) is 11.8 Å². The van der Waals surface area contributed by atoms with Crippen LogP contribution in [0.25, 0.3) is 12.2 Å². The molecule has 0 radical (unpaired) electrons. The van der Waals surface area contributed by atoms with Crippen LogP contribution in [0.3, 0.4) is 0 Å². The van der Waals surface area contributed by atoms with Gasteiger partial charge in [-0.2, -0.15) is 0 Å². The second-order valence-corrected chi connectivity index (χ2v) is 6.95. The zero-order chi connectivity index (χ0) is 17.4. The zero-order valence-electron chi connectivity index (χ0n) is 14.4. The third-order valence-corrected chi connectivity index (χ3v) is 5.15. The number of ether oxygens (including phenoxy) is 1. The Morgan fingerprint density at radius 3 is 2.68 bits per heavy atom. The fourth-order valence-electron chi connectivity index (χ4n) is 3.84. The number of phenolic OH excluding ortho intramolecular Hbond substituents is 1. The van der Waals surface area contributed by atoms with E-state index in [2.05, 4.69) is 19.6 Å². The Hall–Kier alpha value is -2.74. The molecule has 1 heterocycles. The lowest BCUT2D eigenvalue weighted by Gasteiger charge is -2.36. The second-order valence-electron chi connectivity index (χ2n) is 6.95. The fourth-order valence-corrected chi connectivity index (χ4v) is 3.84. The topological polar surface area (TPSA) is 29.5 Å². The van der Waals surface area contributed by atoms with Crippen LogP contribution in [-0.2, 0) is 0 Å². The van der Waals surface area contributed by atoms with Crippen molar-refractivity contribution in [1.29, 1.82) is 0 Å². The van der Waals surface area contributed by atoms with Gasteiger partial charge >= 0.3 is 0 Å². The van der Waals surface area contributed by atoms with Gasteiger partial charge in [0.15, 0.2) is 0 Å². The summed E-state index contributed by atoms with van der Waals surface area (Å²) in [5.74, 6) is 2.26. The van der Waals surface area contributed by atoms with Gasteiger partial charge in [0.05, 0.1) is 0 Å². The van der Waals surface area contributed by atoms with E-state index in [1.54, 1.807) is 0 Å². The first kappa shape index (κ1) is 15.8. The van der Waals surface area contributed by atoms with Crippen LogP contribution in [0.1, 0.15) is 42.4 Å². The van der Waals surface area contributed by atoms with Crippen molar-refractivity contribution in [3.63, 3.8) is 0 Å². The largest absolute Gasteiger partial charge is 0.507 e. The first-order valence-electron chi connectivity index (χ1n) is 8.76. The summed E-state index contributed by atoms with van der Waals surface area (Å²) in [6, 6.07) is 13.9. The maximum absolute atomic E-state index is 10.7. The highest BCUT2D eigenvalue weighted by atomic mass is 16.5. The van der Waals surface area contributed by atoms with Crippen molar-refractivity contribution in [2.75, 3.05) is 0 Å². The van der Waals surface area contributed by atoms with E-state index in [1.165, 1.54) is 5.57 Å². The molecule has 2 heteroatoms. The van der Waals surface area contributed by atoms with Crippen LogP contribution in [0.2, 0.25) is 0 Å². The van der Waals surface area contributed by atoms with Crippen molar-refractivity contribution in [2.24, 2.45) is 5.92 Å². The SMILES string of the molecule is C=C1Oc2cc(/C=C/c3ccccc3)cc(O)c2C2C=C(C)CCC12. The summed E-state index contributed by atoms with van der Waals surface area (Å²) in [5.41, 5.74) is 4.31. The smallest absolute Gasteiger partial charge is 0.135 e. The number of hydrogen-bond donors (Lipinski definition) is 1. The molecule has 0 amide bonds. The van der Waals surface area contributed by atoms with Gasteiger partial charge in [-0.05, 0) is 43.0 Å². The number of rotatable bonds is 2. The molecule has 2 aromatic rings. The van der Waals surface area contributed by atoms with E-state index in [0.717, 1.165) is 41.0 Å². The van der Waals surface area contributed by atoms with E-state index in [1.807, 2.05) is 54.6 Å². The molecule has 1 aliphatic heterocycles. The molecule has 126 valence electrons. The van der Waals surface area contributed by atoms with Gasteiger partial charge in [0.25, 0.3) is 0 Å². The molecule has 0 bridgehead atoms. The third-order valence-electron chi connectivity index (χ3n) is 5.15. The van der Waals surface area contributed by atoms with Crippen molar-refractivity contribution in [3.8, 4) is 11.5 Å². The van der Waals surface area contributed by atoms with E-state index in [9.17, 15) is 5.11 Å². The summed E-state index contributed by atoms with van der Waals surface area (Å²) in [4.78, 5) is 0. The number of hydrogen-bond acceptors (Lipinski definition) is 2. The molecule has 2 unspecified atom stereocenters. The van der Waals surface area contributed by atoms with Crippen LogP contribution >= 0.6 is 0 Å². The number of fused-ring (bicyclic) bond motifs is 3. The van der Waals surface area contributed by atoms with Crippen molar-refractivity contribution in [2.45, 2.75) is 25.7 Å². The maximum Gasteiger partial charge on any atom is 0.135 e. The predicted octanol–water partition coefficient (Wildman–Crippen LogP) is 5.91. The van der Waals surface area contributed by atoms with Gasteiger partial charge < -0.3 is 9.84 Å². The Balaban J connectivity index is 1.73. The van der Waals surface area contributed by atoms with Gasteiger partial charge in [-0.3, -0.25) is 0 Å². The Morgan fingerprint density at radius 1 is 1.12 bits per heavy atom. The minimum Gasteiger partial charge on any atom is -0.507 e. The van der Waals surface area contributed by atoms with Gasteiger partial charge in [0, 0.05) is 17.4 Å². The molecule has 0 fully saturated rings. The molecule has 2 aliphatic rings. The normalized spacial score (nSPS) is 22.1. The molecule has 25 heavy (non-hydrogen) atoms. The summed E-state index contributed by atoms with van der Waals surface area (Å²) >= 11 is 0. The first-order valence-corrected chi connectivity index (χ1v) is 8.76. The average Bonchev–Trinajstić information content (AvgIpc) is 2.60. The molecular weight excluding hydrogens is 308 g/mol. The van der Waals surface area contributed by atoms with Crippen molar-refractivity contribution >= 4 is 12.2 Å². The monoisotopic (exact) mass is 330 g/mol. The van der Waals surface area contributed by atoms with Crippen LogP contribution in [-0.4, -0.2) is 5.11 Å². The first-order chi connectivity index (χ1) is 12.1. The minimum atomic E-state index is 0.164. The van der Waals surface area contributed by atoms with E-state index >= 15 is 0 Å². The van der Waals surface area contributed by atoms with Crippen LogP contribution in [0.4, 0.5) is 0 Å². The third kappa shape index (κ3) is 3.00. The number of aromatic hydroxyl groups is 1. The van der Waals surface area contributed by atoms with Crippen LogP contribution in [0.15, 0.2) is 66.5 Å². The Morgan fingerprint density at radius 2 is 1.88 bits per heavy atom. The minimum absolute atomic E-state index is 0.164. The van der Waals surface area contributed by atoms with E-state index in [0.29, 0.717) is 5.75 Å². The number of allylic oxidation sites excluding steroid dienone is 3. The maximum atomic E-state index is 10.7. The molecular formula is C23H22O2. The molecule has 1 N–H and O–H groups in total. The van der Waals surface area contributed by atoms with Gasteiger partial charge in [-0.15, -0.1) is 0 Å². The predicted molar refractivity (Wildman–Crippen MR) is 102 cm³/mol. The van der Waals surface area contributed by atoms with Crippen LogP contribution in [0.5, 0.6) is 11.5 Å². The molecule has 1 aliphatic carbocycles. The highest BCUT2D eigenvalue weighted by molar-refractivity contribution is 5.72. The summed E-state index contributed by atoms with van der Waals surface area (Å²) in [5, 5.41) is 10.7. The van der Waals surface area contributed by atoms with Gasteiger partial charge in [-0.25, -0.2) is 0 Å². The molecule has 0 saturated carbocycles. The summed E-state index contributed by atoms with van der Waals surface area (Å²) in [6.07, 6.45) is 8.39. The highest BCUT2D eigenvalue weighted by Crippen LogP contribution is 2.51. The van der Waals surface area contributed by atoms with Gasteiger partial charge in [0.2, 0.25) is 0 Å². The lowest BCUT2D eigenvalue weighted by atomic mass is 9.74. The lowest BCUT2D eigenvalue weighted by molar-refractivity contribution is 0.275. The summed E-state index contributed by atoms with van der Waals surface area (Å²) in [7, 11) is 0. The highest BCUT2D eigenvalue weighted by Gasteiger charge is 2.36. The van der Waals surface area contributed by atoms with Gasteiger partial charge in [0.1, 0.15) is 17.3 Å². The van der Waals surface area contributed by atoms with Crippen molar-refractivity contribution in [3.05, 3.63) is 83.1 Å². The Kier molecular flexibility index (Phi) is 3.96. The molecule has 2 nitrogen and oxygen atoms in total. The quantitative estimate of drug-likeness (QED) is 0.548. The number of benzene rings is 2. The summed E-state index contributed by atoms with van der Waals surface area (Å²) < 4.78 is 5.99. The average molecular weight is 330 g/mol. The van der Waals surface area contributed by atoms with E-state index in [4.69, 9.17) is 4.74 Å². The van der Waals surface area contributed by atoms with E-state index < -0.39 is 0 Å². The van der Waals surface area contributed by atoms with Gasteiger partial charge in [-0.1, -0.05) is 60.7 Å².